The molecule has 150 valence electrons. The molecule has 2 aromatic heterocycles. The van der Waals surface area contributed by atoms with E-state index in [1.807, 2.05) is 48.8 Å². The summed E-state index contributed by atoms with van der Waals surface area (Å²) < 4.78 is 0. The Morgan fingerprint density at radius 1 is 0.500 bits per heavy atom. The summed E-state index contributed by atoms with van der Waals surface area (Å²) in [6.07, 6.45) is 3.69. The minimum Gasteiger partial charge on any atom is -0.303 e. The minimum atomic E-state index is -0.0370. The van der Waals surface area contributed by atoms with Gasteiger partial charge in [-0.25, -0.2) is 0 Å². The number of nitrogens with zero attached hydrogens (tertiary/aromatic N) is 2. The largest absolute Gasteiger partial charge is 0.303 e. The van der Waals surface area contributed by atoms with Crippen molar-refractivity contribution in [1.82, 2.24) is 20.6 Å². The molecule has 0 fully saturated rings. The van der Waals surface area contributed by atoms with Crippen molar-refractivity contribution in [2.75, 3.05) is 0 Å². The Morgan fingerprint density at radius 2 is 0.900 bits per heavy atom. The number of hydrogen-bond donors (Lipinski definition) is 2. The second-order valence-corrected chi connectivity index (χ2v) is 7.20. The van der Waals surface area contributed by atoms with Gasteiger partial charge < -0.3 is 10.6 Å². The minimum absolute atomic E-state index is 0.0370. The number of rotatable bonds is 9. The molecule has 0 aliphatic heterocycles. The van der Waals surface area contributed by atoms with Crippen molar-refractivity contribution < 1.29 is 0 Å². The van der Waals surface area contributed by atoms with Gasteiger partial charge in [-0.15, -0.1) is 0 Å². The molecule has 4 heteroatoms. The molecule has 0 aliphatic carbocycles. The molecule has 2 aromatic carbocycles. The van der Waals surface area contributed by atoms with E-state index in [1.54, 1.807) is 0 Å². The van der Waals surface area contributed by atoms with Crippen LogP contribution in [0.15, 0.2) is 109 Å². The first-order chi connectivity index (χ1) is 14.9. The topological polar surface area (TPSA) is 49.8 Å². The van der Waals surface area contributed by atoms with Crippen molar-refractivity contribution in [3.63, 3.8) is 0 Å². The third-order valence-electron chi connectivity index (χ3n) is 5.08. The molecule has 2 heterocycles. The summed E-state index contributed by atoms with van der Waals surface area (Å²) in [5, 5.41) is 7.44. The van der Waals surface area contributed by atoms with Crippen LogP contribution >= 0.6 is 0 Å². The molecule has 30 heavy (non-hydrogen) atoms. The molecule has 4 aromatic rings. The monoisotopic (exact) mass is 394 g/mol. The number of nitrogens with one attached hydrogen (secondary N) is 2. The lowest BCUT2D eigenvalue weighted by atomic mass is 9.99. The number of benzene rings is 2. The third-order valence-corrected chi connectivity index (χ3v) is 5.08. The van der Waals surface area contributed by atoms with Crippen molar-refractivity contribution in [3.05, 3.63) is 132 Å². The quantitative estimate of drug-likeness (QED) is 0.427. The first-order valence-electron chi connectivity index (χ1n) is 10.3. The highest BCUT2D eigenvalue weighted by Crippen LogP contribution is 2.27. The Kier molecular flexibility index (Phi) is 6.94. The molecule has 2 N–H and O–H groups in total. The summed E-state index contributed by atoms with van der Waals surface area (Å²) in [6, 6.07) is 32.9. The maximum absolute atomic E-state index is 4.66. The maximum atomic E-state index is 4.66. The van der Waals surface area contributed by atoms with E-state index in [4.69, 9.17) is 0 Å². The molecule has 4 rings (SSSR count). The Labute approximate surface area is 178 Å². The van der Waals surface area contributed by atoms with E-state index >= 15 is 0 Å². The molecule has 0 bridgehead atoms. The van der Waals surface area contributed by atoms with Crippen LogP contribution in [0.4, 0.5) is 0 Å². The Morgan fingerprint density at radius 3 is 1.27 bits per heavy atom. The van der Waals surface area contributed by atoms with Crippen LogP contribution in [0.25, 0.3) is 0 Å². The van der Waals surface area contributed by atoms with Crippen LogP contribution < -0.4 is 10.6 Å². The van der Waals surface area contributed by atoms with Crippen LogP contribution in [0.5, 0.6) is 0 Å². The highest BCUT2D eigenvalue weighted by Gasteiger charge is 2.26. The first kappa shape index (κ1) is 20.0. The van der Waals surface area contributed by atoms with Gasteiger partial charge in [0, 0.05) is 25.5 Å². The van der Waals surface area contributed by atoms with Crippen LogP contribution in [0.3, 0.4) is 0 Å². The Bertz CT molecular complexity index is 907. The lowest BCUT2D eigenvalue weighted by molar-refractivity contribution is 0.368. The SMILES string of the molecule is c1ccc(CN[C@@H](c2ccccn2)[C@@H](NCc2ccccc2)c2ccccn2)cc1. The maximum Gasteiger partial charge on any atom is 0.0711 e. The zero-order valence-corrected chi connectivity index (χ0v) is 16.9. The summed E-state index contributed by atoms with van der Waals surface area (Å²) in [5.41, 5.74) is 4.46. The molecule has 0 saturated carbocycles. The normalized spacial score (nSPS) is 12.9. The van der Waals surface area contributed by atoms with E-state index in [0.29, 0.717) is 0 Å². The fourth-order valence-corrected chi connectivity index (χ4v) is 3.55. The van der Waals surface area contributed by atoms with Gasteiger partial charge in [-0.2, -0.15) is 0 Å². The van der Waals surface area contributed by atoms with Gasteiger partial charge in [-0.1, -0.05) is 72.8 Å². The van der Waals surface area contributed by atoms with Gasteiger partial charge in [0.25, 0.3) is 0 Å². The number of hydrogen-bond acceptors (Lipinski definition) is 4. The van der Waals surface area contributed by atoms with E-state index in [9.17, 15) is 0 Å². The fraction of sp³-hybridized carbons (Fsp3) is 0.154. The predicted octanol–water partition coefficient (Wildman–Crippen LogP) is 4.84. The van der Waals surface area contributed by atoms with Crippen LogP contribution in [0.1, 0.15) is 34.6 Å². The van der Waals surface area contributed by atoms with Gasteiger partial charge in [0.2, 0.25) is 0 Å². The molecule has 0 radical (unpaired) electrons. The van der Waals surface area contributed by atoms with Crippen molar-refractivity contribution >= 4 is 0 Å². The van der Waals surface area contributed by atoms with Crippen molar-refractivity contribution in [1.29, 1.82) is 0 Å². The third kappa shape index (κ3) is 5.38. The lowest BCUT2D eigenvalue weighted by Crippen LogP contribution is -2.36. The first-order valence-corrected chi connectivity index (χ1v) is 10.3. The van der Waals surface area contributed by atoms with Crippen molar-refractivity contribution in [2.45, 2.75) is 25.2 Å². The average molecular weight is 395 g/mol. The summed E-state index contributed by atoms with van der Waals surface area (Å²) in [6.45, 7) is 1.50. The number of aromatic nitrogens is 2. The van der Waals surface area contributed by atoms with Crippen LogP contribution in [-0.2, 0) is 13.1 Å². The van der Waals surface area contributed by atoms with Gasteiger partial charge in [-0.3, -0.25) is 9.97 Å². The van der Waals surface area contributed by atoms with Crippen LogP contribution in [-0.4, -0.2) is 9.97 Å². The highest BCUT2D eigenvalue weighted by molar-refractivity contribution is 5.22. The van der Waals surface area contributed by atoms with Gasteiger partial charge in [-0.05, 0) is 35.4 Å². The molecule has 0 spiro atoms. The highest BCUT2D eigenvalue weighted by atomic mass is 15.1. The van der Waals surface area contributed by atoms with Crippen LogP contribution in [0, 0.1) is 0 Å². The van der Waals surface area contributed by atoms with E-state index in [1.165, 1.54) is 11.1 Å². The molecule has 2 atom stereocenters. The van der Waals surface area contributed by atoms with Gasteiger partial charge in [0.1, 0.15) is 0 Å². The molecule has 0 unspecified atom stereocenters. The van der Waals surface area contributed by atoms with Crippen molar-refractivity contribution in [2.24, 2.45) is 0 Å². The second kappa shape index (κ2) is 10.4. The van der Waals surface area contributed by atoms with Crippen LogP contribution in [0.2, 0.25) is 0 Å². The molecule has 0 amide bonds. The lowest BCUT2D eigenvalue weighted by Gasteiger charge is -2.29. The smallest absolute Gasteiger partial charge is 0.0711 e. The molecular formula is C26H26N4. The fourth-order valence-electron chi connectivity index (χ4n) is 3.55. The Hall–Kier alpha value is -3.34. The molecular weight excluding hydrogens is 368 g/mol. The van der Waals surface area contributed by atoms with Gasteiger partial charge in [0.05, 0.1) is 23.5 Å². The zero-order valence-electron chi connectivity index (χ0n) is 16.9. The van der Waals surface area contributed by atoms with E-state index in [2.05, 4.69) is 81.3 Å². The average Bonchev–Trinajstić information content (AvgIpc) is 2.83. The summed E-state index contributed by atoms with van der Waals surface area (Å²) in [7, 11) is 0. The van der Waals surface area contributed by atoms with E-state index < -0.39 is 0 Å². The summed E-state index contributed by atoms with van der Waals surface area (Å²) >= 11 is 0. The molecule has 4 nitrogen and oxygen atoms in total. The Balaban J connectivity index is 1.63. The summed E-state index contributed by atoms with van der Waals surface area (Å²) in [5.74, 6) is 0. The summed E-state index contributed by atoms with van der Waals surface area (Å²) in [4.78, 5) is 9.32. The van der Waals surface area contributed by atoms with Gasteiger partial charge in [0.15, 0.2) is 0 Å². The van der Waals surface area contributed by atoms with E-state index in [-0.39, 0.29) is 12.1 Å². The van der Waals surface area contributed by atoms with Crippen molar-refractivity contribution in [3.8, 4) is 0 Å². The molecule has 0 saturated heterocycles. The van der Waals surface area contributed by atoms with E-state index in [0.717, 1.165) is 24.5 Å². The number of pyridine rings is 2. The van der Waals surface area contributed by atoms with Gasteiger partial charge >= 0.3 is 0 Å². The zero-order chi connectivity index (χ0) is 20.4. The second-order valence-electron chi connectivity index (χ2n) is 7.20. The predicted molar refractivity (Wildman–Crippen MR) is 121 cm³/mol. The molecule has 0 aliphatic rings. The standard InChI is InChI=1S/C26H26N4/c1-3-11-21(12-4-1)19-29-25(23-15-7-9-17-27-23)26(24-16-8-10-18-28-24)30-20-22-13-5-2-6-14-22/h1-18,25-26,29-30H,19-20H2/t25-,26-/m0/s1.